The first-order chi connectivity index (χ1) is 12.9. The monoisotopic (exact) mass is 376 g/mol. The van der Waals surface area contributed by atoms with E-state index in [1.165, 1.54) is 23.1 Å². The van der Waals surface area contributed by atoms with Crippen LogP contribution in [0.2, 0.25) is 0 Å². The van der Waals surface area contributed by atoms with Crippen molar-refractivity contribution < 1.29 is 19.8 Å². The van der Waals surface area contributed by atoms with Crippen molar-refractivity contribution in [1.29, 1.82) is 0 Å². The largest absolute Gasteiger partial charge is 0.481 e. The number of hydrogen-bond donors (Lipinski definition) is 2. The summed E-state index contributed by atoms with van der Waals surface area (Å²) in [5.41, 5.74) is 4.28. The molecule has 4 heteroatoms. The van der Waals surface area contributed by atoms with Crippen LogP contribution in [0.15, 0.2) is 18.2 Å². The number of hydrogen-bond acceptors (Lipinski definition) is 2. The molecule has 0 aliphatic rings. The summed E-state index contributed by atoms with van der Waals surface area (Å²) in [6, 6.07) is 6.60. The molecular formula is C23H36O4. The lowest BCUT2D eigenvalue weighted by molar-refractivity contribution is -0.138. The van der Waals surface area contributed by atoms with Crippen LogP contribution in [-0.2, 0) is 28.9 Å². The summed E-state index contributed by atoms with van der Waals surface area (Å²) in [6.07, 6.45) is 10.2. The normalized spacial score (nSPS) is 11.1. The first-order valence-corrected chi connectivity index (χ1v) is 10.4. The molecule has 0 amide bonds. The summed E-state index contributed by atoms with van der Waals surface area (Å²) in [6.45, 7) is 4.50. The van der Waals surface area contributed by atoms with Gasteiger partial charge in [-0.1, -0.05) is 44.9 Å². The highest BCUT2D eigenvalue weighted by atomic mass is 16.4. The molecule has 1 rings (SSSR count). The molecule has 1 aromatic carbocycles. The van der Waals surface area contributed by atoms with E-state index in [1.54, 1.807) is 0 Å². The van der Waals surface area contributed by atoms with E-state index in [9.17, 15) is 9.59 Å². The van der Waals surface area contributed by atoms with Crippen molar-refractivity contribution in [1.82, 2.24) is 0 Å². The van der Waals surface area contributed by atoms with Crippen LogP contribution < -0.4 is 0 Å². The molecule has 0 saturated carbocycles. The number of rotatable bonds is 15. The molecular weight excluding hydrogens is 340 g/mol. The quantitative estimate of drug-likeness (QED) is 0.388. The second kappa shape index (κ2) is 13.3. The van der Waals surface area contributed by atoms with Crippen LogP contribution >= 0.6 is 0 Å². The zero-order chi connectivity index (χ0) is 20.1. The fourth-order valence-electron chi connectivity index (χ4n) is 3.44. The zero-order valence-corrected chi connectivity index (χ0v) is 17.0. The Balaban J connectivity index is 2.66. The summed E-state index contributed by atoms with van der Waals surface area (Å²) in [4.78, 5) is 21.3. The molecule has 1 aromatic rings. The minimum atomic E-state index is -0.715. The van der Waals surface area contributed by atoms with Gasteiger partial charge in [0.05, 0.1) is 0 Å². The van der Waals surface area contributed by atoms with Crippen molar-refractivity contribution in [2.24, 2.45) is 5.92 Å². The molecule has 2 N–H and O–H groups in total. The third kappa shape index (κ3) is 10.8. The van der Waals surface area contributed by atoms with Gasteiger partial charge in [0.15, 0.2) is 0 Å². The molecule has 0 aliphatic carbocycles. The lowest BCUT2D eigenvalue weighted by atomic mass is 9.89. The van der Waals surface area contributed by atoms with Gasteiger partial charge in [0, 0.05) is 12.8 Å². The average Bonchev–Trinajstić information content (AvgIpc) is 2.59. The van der Waals surface area contributed by atoms with E-state index in [2.05, 4.69) is 32.0 Å². The highest BCUT2D eigenvalue weighted by Gasteiger charge is 2.10. The van der Waals surface area contributed by atoms with Crippen LogP contribution in [0.25, 0.3) is 0 Å². The molecule has 0 spiro atoms. The van der Waals surface area contributed by atoms with Crippen molar-refractivity contribution in [3.8, 4) is 0 Å². The number of unbranched alkanes of at least 4 members (excludes halogenated alkanes) is 4. The second-order valence-electron chi connectivity index (χ2n) is 7.90. The molecule has 0 aromatic heterocycles. The maximum Gasteiger partial charge on any atom is 0.303 e. The van der Waals surface area contributed by atoms with Crippen LogP contribution in [0.4, 0.5) is 0 Å². The molecule has 0 saturated heterocycles. The Morgan fingerprint density at radius 1 is 0.778 bits per heavy atom. The van der Waals surface area contributed by atoms with E-state index in [1.807, 2.05) is 0 Å². The Morgan fingerprint density at radius 2 is 1.30 bits per heavy atom. The number of benzene rings is 1. The number of aliphatic carboxylic acids is 2. The van der Waals surface area contributed by atoms with Crippen molar-refractivity contribution in [2.75, 3.05) is 0 Å². The minimum absolute atomic E-state index is 0.255. The third-order valence-electron chi connectivity index (χ3n) is 5.02. The maximum atomic E-state index is 10.7. The summed E-state index contributed by atoms with van der Waals surface area (Å²) in [7, 11) is 0. The third-order valence-corrected chi connectivity index (χ3v) is 5.02. The van der Waals surface area contributed by atoms with Gasteiger partial charge in [-0.05, 0) is 74.0 Å². The molecule has 0 fully saturated rings. The Morgan fingerprint density at radius 3 is 1.81 bits per heavy atom. The van der Waals surface area contributed by atoms with Crippen molar-refractivity contribution >= 4 is 11.9 Å². The van der Waals surface area contributed by atoms with Crippen LogP contribution in [0.1, 0.15) is 88.3 Å². The summed E-state index contributed by atoms with van der Waals surface area (Å²) in [5, 5.41) is 17.5. The van der Waals surface area contributed by atoms with Gasteiger partial charge in [0.1, 0.15) is 0 Å². The van der Waals surface area contributed by atoms with Crippen LogP contribution in [0.5, 0.6) is 0 Å². The van der Waals surface area contributed by atoms with Gasteiger partial charge < -0.3 is 10.2 Å². The number of carboxylic acid groups (broad SMARTS) is 2. The Kier molecular flexibility index (Phi) is 11.5. The van der Waals surface area contributed by atoms with Crippen molar-refractivity contribution in [3.05, 3.63) is 34.9 Å². The van der Waals surface area contributed by atoms with E-state index in [0.29, 0.717) is 5.92 Å². The van der Waals surface area contributed by atoms with E-state index in [0.717, 1.165) is 57.8 Å². The lowest BCUT2D eigenvalue weighted by Gasteiger charge is -2.16. The van der Waals surface area contributed by atoms with Gasteiger partial charge in [-0.15, -0.1) is 0 Å². The lowest BCUT2D eigenvalue weighted by Crippen LogP contribution is -2.03. The van der Waals surface area contributed by atoms with Gasteiger partial charge >= 0.3 is 11.9 Å². The van der Waals surface area contributed by atoms with Gasteiger partial charge in [0.25, 0.3) is 0 Å². The molecule has 4 nitrogen and oxygen atoms in total. The second-order valence-corrected chi connectivity index (χ2v) is 7.90. The fourth-order valence-corrected chi connectivity index (χ4v) is 3.44. The zero-order valence-electron chi connectivity index (χ0n) is 17.0. The average molecular weight is 377 g/mol. The standard InChI is InChI=1S/C23H36O4/c1-18(2)16-17-20-12-9-11-19(10-5-3-7-14-22(24)25)21(20)13-6-4-8-15-23(26)27/h9,11-12,18H,3-8,10,13-17H2,1-2H3,(H,24,25)(H,26,27). The Bertz CT molecular complexity index is 578. The SMILES string of the molecule is CC(C)CCc1cccc(CCCCCC(=O)O)c1CCCCCC(=O)O. The van der Waals surface area contributed by atoms with Gasteiger partial charge in [-0.3, -0.25) is 9.59 Å². The summed E-state index contributed by atoms with van der Waals surface area (Å²) < 4.78 is 0. The predicted molar refractivity (Wildman–Crippen MR) is 109 cm³/mol. The molecule has 0 radical (unpaired) electrons. The van der Waals surface area contributed by atoms with Crippen LogP contribution in [0.3, 0.4) is 0 Å². The number of carbonyl (C=O) groups is 2. The highest BCUT2D eigenvalue weighted by Crippen LogP contribution is 2.23. The van der Waals surface area contributed by atoms with E-state index < -0.39 is 11.9 Å². The Hall–Kier alpha value is -1.84. The van der Waals surface area contributed by atoms with Gasteiger partial charge in [-0.25, -0.2) is 0 Å². The van der Waals surface area contributed by atoms with E-state index in [-0.39, 0.29) is 12.8 Å². The fraction of sp³-hybridized carbons (Fsp3) is 0.652. The molecule has 27 heavy (non-hydrogen) atoms. The van der Waals surface area contributed by atoms with Gasteiger partial charge in [-0.2, -0.15) is 0 Å². The molecule has 0 unspecified atom stereocenters. The van der Waals surface area contributed by atoms with Crippen LogP contribution in [-0.4, -0.2) is 22.2 Å². The topological polar surface area (TPSA) is 74.6 Å². The summed E-state index contributed by atoms with van der Waals surface area (Å²) in [5.74, 6) is -0.754. The molecule has 0 bridgehead atoms. The van der Waals surface area contributed by atoms with E-state index in [4.69, 9.17) is 10.2 Å². The van der Waals surface area contributed by atoms with E-state index >= 15 is 0 Å². The summed E-state index contributed by atoms with van der Waals surface area (Å²) >= 11 is 0. The smallest absolute Gasteiger partial charge is 0.303 e. The molecule has 152 valence electrons. The van der Waals surface area contributed by atoms with Gasteiger partial charge in [0.2, 0.25) is 0 Å². The first kappa shape index (κ1) is 23.2. The highest BCUT2D eigenvalue weighted by molar-refractivity contribution is 5.66. The minimum Gasteiger partial charge on any atom is -0.481 e. The molecule has 0 atom stereocenters. The maximum absolute atomic E-state index is 10.7. The number of aryl methyl sites for hydroxylation is 2. The van der Waals surface area contributed by atoms with Crippen LogP contribution in [0, 0.1) is 5.92 Å². The Labute approximate surface area is 164 Å². The first-order valence-electron chi connectivity index (χ1n) is 10.4. The molecule has 0 heterocycles. The van der Waals surface area contributed by atoms with Crippen molar-refractivity contribution in [3.63, 3.8) is 0 Å². The molecule has 0 aliphatic heterocycles. The van der Waals surface area contributed by atoms with Crippen molar-refractivity contribution in [2.45, 2.75) is 90.9 Å². The predicted octanol–water partition coefficient (Wildman–Crippen LogP) is 5.65. The number of carboxylic acids is 2.